The Hall–Kier alpha value is -2.42. The van der Waals surface area contributed by atoms with Crippen molar-refractivity contribution in [1.29, 1.82) is 0 Å². The summed E-state index contributed by atoms with van der Waals surface area (Å²) in [6.07, 6.45) is 1.19. The van der Waals surface area contributed by atoms with Gasteiger partial charge < -0.3 is 4.74 Å². The second-order valence-electron chi connectivity index (χ2n) is 4.83. The van der Waals surface area contributed by atoms with Crippen molar-refractivity contribution >= 4 is 12.3 Å². The zero-order valence-corrected chi connectivity index (χ0v) is 11.8. The summed E-state index contributed by atoms with van der Waals surface area (Å²) in [5, 5.41) is 0. The maximum atomic E-state index is 12.2. The first-order valence-electron chi connectivity index (χ1n) is 7.02. The largest absolute Gasteiger partial charge is 0.452 e. The molecule has 0 bridgehead atoms. The van der Waals surface area contributed by atoms with Crippen LogP contribution in [0.2, 0.25) is 0 Å². The van der Waals surface area contributed by atoms with Gasteiger partial charge in [-0.2, -0.15) is 0 Å². The Morgan fingerprint density at radius 3 is 2.24 bits per heavy atom. The van der Waals surface area contributed by atoms with Crippen molar-refractivity contribution in [2.24, 2.45) is 0 Å². The number of carbonyl (C=O) groups excluding carboxylic acids is 2. The molecule has 21 heavy (non-hydrogen) atoms. The van der Waals surface area contributed by atoms with Gasteiger partial charge in [-0.15, -0.1) is 0 Å². The maximum Gasteiger partial charge on any atom is 0.294 e. The van der Waals surface area contributed by atoms with Crippen molar-refractivity contribution in [1.82, 2.24) is 0 Å². The third kappa shape index (κ3) is 4.56. The van der Waals surface area contributed by atoms with E-state index >= 15 is 0 Å². The lowest BCUT2D eigenvalue weighted by atomic mass is 10.00. The highest BCUT2D eigenvalue weighted by atomic mass is 16.5. The van der Waals surface area contributed by atoms with E-state index in [0.717, 1.165) is 12.8 Å². The lowest BCUT2D eigenvalue weighted by molar-refractivity contribution is -0.144. The predicted molar refractivity (Wildman–Crippen MR) is 80.7 cm³/mol. The smallest absolute Gasteiger partial charge is 0.294 e. The van der Waals surface area contributed by atoms with Crippen molar-refractivity contribution in [3.63, 3.8) is 0 Å². The SMILES string of the molecule is O=COC(C(=O)CCCc1ccccc1)c1ccccc1. The Bertz CT molecular complexity index is 564. The van der Waals surface area contributed by atoms with Crippen LogP contribution >= 0.6 is 0 Å². The van der Waals surface area contributed by atoms with Gasteiger partial charge in [0.25, 0.3) is 6.47 Å². The van der Waals surface area contributed by atoms with E-state index in [-0.39, 0.29) is 5.78 Å². The molecular weight excluding hydrogens is 264 g/mol. The van der Waals surface area contributed by atoms with E-state index < -0.39 is 6.10 Å². The third-order valence-electron chi connectivity index (χ3n) is 3.32. The van der Waals surface area contributed by atoms with Crippen LogP contribution in [0.25, 0.3) is 0 Å². The number of ketones is 1. The van der Waals surface area contributed by atoms with E-state index in [4.69, 9.17) is 4.74 Å². The standard InChI is InChI=1S/C18H18O3/c19-14-21-18(16-11-5-2-6-12-16)17(20)13-7-10-15-8-3-1-4-9-15/h1-6,8-9,11-12,14,18H,7,10,13H2. The number of rotatable bonds is 8. The fourth-order valence-electron chi connectivity index (χ4n) is 2.27. The first-order chi connectivity index (χ1) is 10.3. The molecule has 0 N–H and O–H groups in total. The van der Waals surface area contributed by atoms with Crippen molar-refractivity contribution in [3.8, 4) is 0 Å². The molecule has 0 aliphatic rings. The van der Waals surface area contributed by atoms with Gasteiger partial charge in [0.15, 0.2) is 11.9 Å². The van der Waals surface area contributed by atoms with Crippen molar-refractivity contribution in [2.45, 2.75) is 25.4 Å². The van der Waals surface area contributed by atoms with Crippen LogP contribution in [0.5, 0.6) is 0 Å². The highest BCUT2D eigenvalue weighted by molar-refractivity contribution is 5.85. The molecule has 0 fully saturated rings. The Labute approximate surface area is 124 Å². The molecule has 2 rings (SSSR count). The quantitative estimate of drug-likeness (QED) is 0.696. The minimum atomic E-state index is -0.792. The molecule has 0 spiro atoms. The maximum absolute atomic E-state index is 12.2. The Kier molecular flexibility index (Phi) is 5.71. The summed E-state index contributed by atoms with van der Waals surface area (Å²) in [7, 11) is 0. The van der Waals surface area contributed by atoms with Crippen LogP contribution in [0.1, 0.15) is 30.1 Å². The number of hydrogen-bond donors (Lipinski definition) is 0. The molecule has 0 radical (unpaired) electrons. The highest BCUT2D eigenvalue weighted by Crippen LogP contribution is 2.20. The first kappa shape index (κ1) is 15.0. The van der Waals surface area contributed by atoms with Crippen LogP contribution in [0.3, 0.4) is 0 Å². The van der Waals surface area contributed by atoms with Gasteiger partial charge in [0.05, 0.1) is 0 Å². The summed E-state index contributed by atoms with van der Waals surface area (Å²) in [6, 6.07) is 19.1. The molecule has 0 saturated heterocycles. The van der Waals surface area contributed by atoms with Crippen LogP contribution in [-0.2, 0) is 20.7 Å². The number of benzene rings is 2. The minimum absolute atomic E-state index is 0.0655. The van der Waals surface area contributed by atoms with Gasteiger partial charge >= 0.3 is 0 Å². The fourth-order valence-corrected chi connectivity index (χ4v) is 2.27. The molecule has 3 nitrogen and oxygen atoms in total. The summed E-state index contributed by atoms with van der Waals surface area (Å²) >= 11 is 0. The number of carbonyl (C=O) groups is 2. The third-order valence-corrected chi connectivity index (χ3v) is 3.32. The van der Waals surface area contributed by atoms with Crippen LogP contribution in [-0.4, -0.2) is 12.3 Å². The molecule has 3 heteroatoms. The van der Waals surface area contributed by atoms with Crippen molar-refractivity contribution < 1.29 is 14.3 Å². The average Bonchev–Trinajstić information content (AvgIpc) is 2.54. The van der Waals surface area contributed by atoms with E-state index in [0.29, 0.717) is 18.5 Å². The average molecular weight is 282 g/mol. The van der Waals surface area contributed by atoms with E-state index in [9.17, 15) is 9.59 Å². The van der Waals surface area contributed by atoms with E-state index in [1.165, 1.54) is 5.56 Å². The molecule has 108 valence electrons. The second-order valence-corrected chi connectivity index (χ2v) is 4.83. The number of ether oxygens (including phenoxy) is 1. The van der Waals surface area contributed by atoms with Crippen molar-refractivity contribution in [3.05, 3.63) is 71.8 Å². The molecule has 1 atom stereocenters. The van der Waals surface area contributed by atoms with Gasteiger partial charge in [0, 0.05) is 6.42 Å². The molecule has 2 aromatic rings. The Morgan fingerprint density at radius 1 is 1.00 bits per heavy atom. The lowest BCUT2D eigenvalue weighted by Gasteiger charge is -2.14. The monoisotopic (exact) mass is 282 g/mol. The fraction of sp³-hybridized carbons (Fsp3) is 0.222. The lowest BCUT2D eigenvalue weighted by Crippen LogP contribution is -2.15. The number of hydrogen-bond acceptors (Lipinski definition) is 3. The van der Waals surface area contributed by atoms with Gasteiger partial charge in [-0.3, -0.25) is 9.59 Å². The molecule has 1 unspecified atom stereocenters. The van der Waals surface area contributed by atoms with Crippen molar-refractivity contribution in [2.75, 3.05) is 0 Å². The Balaban J connectivity index is 1.92. The highest BCUT2D eigenvalue weighted by Gasteiger charge is 2.20. The molecule has 0 aliphatic carbocycles. The van der Waals surface area contributed by atoms with Gasteiger partial charge in [0.2, 0.25) is 0 Å². The Morgan fingerprint density at radius 2 is 1.62 bits per heavy atom. The summed E-state index contributed by atoms with van der Waals surface area (Å²) in [5.74, 6) is -0.0655. The molecule has 2 aromatic carbocycles. The van der Waals surface area contributed by atoms with E-state index in [2.05, 4.69) is 0 Å². The summed E-state index contributed by atoms with van der Waals surface area (Å²) in [6.45, 7) is 0.340. The van der Waals surface area contributed by atoms with E-state index in [1.807, 2.05) is 48.5 Å². The predicted octanol–water partition coefficient (Wildman–Crippen LogP) is 3.49. The molecule has 0 aliphatic heterocycles. The number of Topliss-reactive ketones (excluding diaryl/α,β-unsaturated/α-hetero) is 1. The number of aryl methyl sites for hydroxylation is 1. The topological polar surface area (TPSA) is 43.4 Å². The van der Waals surface area contributed by atoms with Gasteiger partial charge in [-0.25, -0.2) is 0 Å². The van der Waals surface area contributed by atoms with Crippen LogP contribution < -0.4 is 0 Å². The first-order valence-corrected chi connectivity index (χ1v) is 7.02. The van der Waals surface area contributed by atoms with Crippen LogP contribution in [0.15, 0.2) is 60.7 Å². The molecule has 0 saturated carbocycles. The van der Waals surface area contributed by atoms with Crippen LogP contribution in [0, 0.1) is 0 Å². The molecular formula is C18H18O3. The molecule has 0 heterocycles. The molecule has 0 aromatic heterocycles. The zero-order valence-electron chi connectivity index (χ0n) is 11.8. The van der Waals surface area contributed by atoms with Crippen LogP contribution in [0.4, 0.5) is 0 Å². The van der Waals surface area contributed by atoms with E-state index in [1.54, 1.807) is 12.1 Å². The summed E-state index contributed by atoms with van der Waals surface area (Å²) in [5.41, 5.74) is 1.92. The zero-order chi connectivity index (χ0) is 14.9. The summed E-state index contributed by atoms with van der Waals surface area (Å²) in [4.78, 5) is 22.9. The minimum Gasteiger partial charge on any atom is -0.452 e. The van der Waals surface area contributed by atoms with Gasteiger partial charge in [-0.05, 0) is 24.0 Å². The second kappa shape index (κ2) is 8.00. The van der Waals surface area contributed by atoms with Gasteiger partial charge in [-0.1, -0.05) is 60.7 Å². The molecule has 0 amide bonds. The van der Waals surface area contributed by atoms with Gasteiger partial charge in [0.1, 0.15) is 0 Å². The normalized spacial score (nSPS) is 11.6. The summed E-state index contributed by atoms with van der Waals surface area (Å²) < 4.78 is 4.96.